The summed E-state index contributed by atoms with van der Waals surface area (Å²) in [5.41, 5.74) is 4.89. The van der Waals surface area contributed by atoms with Crippen molar-refractivity contribution >= 4 is 11.6 Å². The SMILES string of the molecule is COc1ccc(C(O)Cc2ccc3c(c2)CCC3)cc1Cl. The number of hydrogen-bond donors (Lipinski definition) is 1. The van der Waals surface area contributed by atoms with Gasteiger partial charge in [0.2, 0.25) is 0 Å². The van der Waals surface area contributed by atoms with Crippen LogP contribution >= 0.6 is 11.6 Å². The maximum Gasteiger partial charge on any atom is 0.137 e. The van der Waals surface area contributed by atoms with Crippen molar-refractivity contribution < 1.29 is 9.84 Å². The van der Waals surface area contributed by atoms with E-state index in [0.29, 0.717) is 17.2 Å². The van der Waals surface area contributed by atoms with Crippen LogP contribution in [0.15, 0.2) is 36.4 Å². The summed E-state index contributed by atoms with van der Waals surface area (Å²) in [6.45, 7) is 0. The molecule has 0 saturated carbocycles. The van der Waals surface area contributed by atoms with E-state index in [1.54, 1.807) is 19.2 Å². The van der Waals surface area contributed by atoms with Crippen LogP contribution in [-0.2, 0) is 19.3 Å². The number of halogens is 1. The third-order valence-electron chi connectivity index (χ3n) is 4.15. The molecule has 0 amide bonds. The van der Waals surface area contributed by atoms with Crippen LogP contribution in [0.1, 0.15) is 34.8 Å². The van der Waals surface area contributed by atoms with Crippen LogP contribution in [0, 0.1) is 0 Å². The van der Waals surface area contributed by atoms with Gasteiger partial charge >= 0.3 is 0 Å². The average Bonchev–Trinajstić information content (AvgIpc) is 2.94. The number of aliphatic hydroxyl groups is 1. The van der Waals surface area contributed by atoms with Gasteiger partial charge in [0.05, 0.1) is 18.2 Å². The van der Waals surface area contributed by atoms with Crippen molar-refractivity contribution in [2.24, 2.45) is 0 Å². The van der Waals surface area contributed by atoms with E-state index in [0.717, 1.165) is 12.0 Å². The van der Waals surface area contributed by atoms with E-state index in [1.165, 1.54) is 29.5 Å². The average molecular weight is 303 g/mol. The highest BCUT2D eigenvalue weighted by atomic mass is 35.5. The number of ether oxygens (including phenoxy) is 1. The lowest BCUT2D eigenvalue weighted by molar-refractivity contribution is 0.178. The molecular formula is C18H19ClO2. The van der Waals surface area contributed by atoms with Crippen molar-refractivity contribution in [1.82, 2.24) is 0 Å². The summed E-state index contributed by atoms with van der Waals surface area (Å²) in [7, 11) is 1.59. The molecule has 0 saturated heterocycles. The fraction of sp³-hybridized carbons (Fsp3) is 0.333. The molecule has 3 rings (SSSR count). The van der Waals surface area contributed by atoms with Crippen molar-refractivity contribution in [2.45, 2.75) is 31.8 Å². The Kier molecular flexibility index (Phi) is 4.18. The third-order valence-corrected chi connectivity index (χ3v) is 4.45. The van der Waals surface area contributed by atoms with E-state index in [4.69, 9.17) is 16.3 Å². The summed E-state index contributed by atoms with van der Waals surface area (Å²) in [4.78, 5) is 0. The van der Waals surface area contributed by atoms with Crippen LogP contribution in [0.5, 0.6) is 5.75 Å². The molecule has 1 aliphatic carbocycles. The summed E-state index contributed by atoms with van der Waals surface area (Å²) in [6.07, 6.45) is 3.65. The zero-order valence-corrected chi connectivity index (χ0v) is 12.9. The molecule has 2 aromatic carbocycles. The summed E-state index contributed by atoms with van der Waals surface area (Å²) in [6, 6.07) is 12.0. The van der Waals surface area contributed by atoms with Crippen molar-refractivity contribution in [3.63, 3.8) is 0 Å². The van der Waals surface area contributed by atoms with E-state index >= 15 is 0 Å². The second kappa shape index (κ2) is 6.08. The molecule has 1 aliphatic rings. The quantitative estimate of drug-likeness (QED) is 0.921. The van der Waals surface area contributed by atoms with Gasteiger partial charge in [-0.05, 0) is 53.6 Å². The van der Waals surface area contributed by atoms with Crippen molar-refractivity contribution in [1.29, 1.82) is 0 Å². The number of rotatable bonds is 4. The Morgan fingerprint density at radius 3 is 2.71 bits per heavy atom. The van der Waals surface area contributed by atoms with Crippen molar-refractivity contribution in [3.05, 3.63) is 63.7 Å². The van der Waals surface area contributed by atoms with Crippen LogP contribution in [0.4, 0.5) is 0 Å². The Morgan fingerprint density at radius 1 is 1.14 bits per heavy atom. The molecular weight excluding hydrogens is 284 g/mol. The molecule has 0 aliphatic heterocycles. The molecule has 21 heavy (non-hydrogen) atoms. The lowest BCUT2D eigenvalue weighted by atomic mass is 9.98. The maximum atomic E-state index is 10.4. The van der Waals surface area contributed by atoms with E-state index in [9.17, 15) is 5.11 Å². The van der Waals surface area contributed by atoms with E-state index in [1.807, 2.05) is 6.07 Å². The Balaban J connectivity index is 1.76. The Hall–Kier alpha value is -1.51. The van der Waals surface area contributed by atoms with Gasteiger partial charge in [0.15, 0.2) is 0 Å². The number of aliphatic hydroxyl groups excluding tert-OH is 1. The highest BCUT2D eigenvalue weighted by Gasteiger charge is 2.14. The highest BCUT2D eigenvalue weighted by Crippen LogP contribution is 2.30. The molecule has 0 aromatic heterocycles. The van der Waals surface area contributed by atoms with Gasteiger partial charge in [-0.2, -0.15) is 0 Å². The molecule has 2 nitrogen and oxygen atoms in total. The number of aryl methyl sites for hydroxylation is 2. The first-order chi connectivity index (χ1) is 10.2. The second-order valence-electron chi connectivity index (χ2n) is 5.57. The van der Waals surface area contributed by atoms with E-state index < -0.39 is 6.10 Å². The minimum absolute atomic E-state index is 0.531. The molecule has 0 radical (unpaired) electrons. The Bertz CT molecular complexity index is 652. The Morgan fingerprint density at radius 2 is 1.95 bits per heavy atom. The molecule has 0 fully saturated rings. The molecule has 0 bridgehead atoms. The molecule has 1 N–H and O–H groups in total. The van der Waals surface area contributed by atoms with Gasteiger partial charge in [0.25, 0.3) is 0 Å². The number of hydrogen-bond acceptors (Lipinski definition) is 2. The predicted molar refractivity (Wildman–Crippen MR) is 85.1 cm³/mol. The maximum absolute atomic E-state index is 10.4. The normalized spacial score (nSPS) is 14.8. The summed E-state index contributed by atoms with van der Waals surface area (Å²) < 4.78 is 5.13. The number of benzene rings is 2. The minimum atomic E-state index is -0.548. The molecule has 1 atom stereocenters. The molecule has 0 heterocycles. The van der Waals surface area contributed by atoms with Crippen LogP contribution in [0.25, 0.3) is 0 Å². The standard InChI is InChI=1S/C18H19ClO2/c1-21-18-8-7-15(11-16(18)19)17(20)10-12-5-6-13-3-2-4-14(13)9-12/h5-9,11,17,20H,2-4,10H2,1H3. The summed E-state index contributed by atoms with van der Waals surface area (Å²) in [5, 5.41) is 10.9. The molecule has 1 unspecified atom stereocenters. The van der Waals surface area contributed by atoms with Crippen molar-refractivity contribution in [2.75, 3.05) is 7.11 Å². The van der Waals surface area contributed by atoms with Crippen LogP contribution in [-0.4, -0.2) is 12.2 Å². The lowest BCUT2D eigenvalue weighted by Crippen LogP contribution is -2.02. The van der Waals surface area contributed by atoms with Gasteiger partial charge in [-0.15, -0.1) is 0 Å². The molecule has 2 aromatic rings. The van der Waals surface area contributed by atoms with Gasteiger partial charge in [0, 0.05) is 6.42 Å². The Labute approximate surface area is 130 Å². The zero-order valence-electron chi connectivity index (χ0n) is 12.1. The number of methoxy groups -OCH3 is 1. The first-order valence-corrected chi connectivity index (χ1v) is 7.67. The van der Waals surface area contributed by atoms with Gasteiger partial charge in [-0.1, -0.05) is 35.9 Å². The molecule has 3 heteroatoms. The van der Waals surface area contributed by atoms with Gasteiger partial charge in [0.1, 0.15) is 5.75 Å². The lowest BCUT2D eigenvalue weighted by Gasteiger charge is -2.13. The number of fused-ring (bicyclic) bond motifs is 1. The van der Waals surface area contributed by atoms with Gasteiger partial charge in [-0.3, -0.25) is 0 Å². The van der Waals surface area contributed by atoms with Crippen LogP contribution in [0.3, 0.4) is 0 Å². The van der Waals surface area contributed by atoms with Gasteiger partial charge in [-0.25, -0.2) is 0 Å². The second-order valence-corrected chi connectivity index (χ2v) is 5.98. The first-order valence-electron chi connectivity index (χ1n) is 7.29. The fourth-order valence-electron chi connectivity index (χ4n) is 2.98. The monoisotopic (exact) mass is 302 g/mol. The van der Waals surface area contributed by atoms with Crippen LogP contribution in [0.2, 0.25) is 5.02 Å². The fourth-order valence-corrected chi connectivity index (χ4v) is 3.25. The zero-order chi connectivity index (χ0) is 14.8. The largest absolute Gasteiger partial charge is 0.495 e. The molecule has 110 valence electrons. The smallest absolute Gasteiger partial charge is 0.137 e. The molecule has 0 spiro atoms. The third kappa shape index (κ3) is 3.07. The van der Waals surface area contributed by atoms with Crippen LogP contribution < -0.4 is 4.74 Å². The predicted octanol–water partition coefficient (Wildman–Crippen LogP) is 4.11. The van der Waals surface area contributed by atoms with E-state index in [-0.39, 0.29) is 0 Å². The summed E-state index contributed by atoms with van der Waals surface area (Å²) in [5.74, 6) is 0.630. The first kappa shape index (κ1) is 14.4. The van der Waals surface area contributed by atoms with Gasteiger partial charge < -0.3 is 9.84 Å². The topological polar surface area (TPSA) is 29.5 Å². The summed E-state index contributed by atoms with van der Waals surface area (Å²) >= 11 is 6.12. The van der Waals surface area contributed by atoms with E-state index in [2.05, 4.69) is 18.2 Å². The minimum Gasteiger partial charge on any atom is -0.495 e. The van der Waals surface area contributed by atoms with Crippen molar-refractivity contribution in [3.8, 4) is 5.75 Å². The highest BCUT2D eigenvalue weighted by molar-refractivity contribution is 6.32.